The summed E-state index contributed by atoms with van der Waals surface area (Å²) in [5.74, 6) is 0.0505. The maximum absolute atomic E-state index is 12.4. The van der Waals surface area contributed by atoms with Gasteiger partial charge in [-0.2, -0.15) is 0 Å². The number of ether oxygens (including phenoxy) is 4. The number of carbonyl (C=O) groups excluding carboxylic acids is 3. The summed E-state index contributed by atoms with van der Waals surface area (Å²) >= 11 is 0. The zero-order chi connectivity index (χ0) is 30.7. The van der Waals surface area contributed by atoms with E-state index >= 15 is 0 Å². The van der Waals surface area contributed by atoms with Crippen molar-refractivity contribution >= 4 is 17.7 Å². The fourth-order valence-electron chi connectivity index (χ4n) is 5.46. The quantitative estimate of drug-likeness (QED) is 0.123. The van der Waals surface area contributed by atoms with Crippen LogP contribution in [0.3, 0.4) is 0 Å². The van der Waals surface area contributed by atoms with Gasteiger partial charge in [-0.3, -0.25) is 14.4 Å². The molecule has 3 N–H and O–H groups in total. The van der Waals surface area contributed by atoms with Gasteiger partial charge in [-0.05, 0) is 39.5 Å². The van der Waals surface area contributed by atoms with Crippen LogP contribution in [-0.4, -0.2) is 86.7 Å². The SMILES string of the molecule is CCC(=O)NCCNC(=O)C[C@@H]1CC2(CO2)CC(/C=C/C(C)=C/CC2OC(C)C(NC(=O)/C=C\C(C)OC)CC2C)O1. The molecule has 8 atom stereocenters. The van der Waals surface area contributed by atoms with Crippen molar-refractivity contribution in [2.75, 3.05) is 26.8 Å². The molecule has 3 aliphatic rings. The molecule has 1 spiro atoms. The first-order valence-corrected chi connectivity index (χ1v) is 15.4. The van der Waals surface area contributed by atoms with Crippen LogP contribution >= 0.6 is 0 Å². The number of hydrogen-bond acceptors (Lipinski definition) is 7. The highest BCUT2D eigenvalue weighted by atomic mass is 16.6. The number of amides is 3. The summed E-state index contributed by atoms with van der Waals surface area (Å²) < 4.78 is 23.5. The molecule has 236 valence electrons. The number of rotatable bonds is 14. The van der Waals surface area contributed by atoms with Gasteiger partial charge in [-0.25, -0.2) is 0 Å². The third kappa shape index (κ3) is 11.3. The number of nitrogens with one attached hydrogen (secondary N) is 3. The number of methoxy groups -OCH3 is 1. The number of epoxide rings is 1. The lowest BCUT2D eigenvalue weighted by Gasteiger charge is -2.39. The molecular formula is C32H51N3O7. The van der Waals surface area contributed by atoms with Crippen molar-refractivity contribution in [3.8, 4) is 0 Å². The lowest BCUT2D eigenvalue weighted by molar-refractivity contribution is -0.128. The van der Waals surface area contributed by atoms with E-state index in [1.807, 2.05) is 13.8 Å². The first kappa shape index (κ1) is 34.0. The highest BCUT2D eigenvalue weighted by molar-refractivity contribution is 5.87. The van der Waals surface area contributed by atoms with Crippen LogP contribution in [0.2, 0.25) is 0 Å². The van der Waals surface area contributed by atoms with Crippen LogP contribution in [0.1, 0.15) is 73.1 Å². The standard InChI is InChI=1S/C32H51N3O7/c1-7-29(36)33-14-15-34-31(38)17-26-19-32(20-40-32)18-25(42-26)11-8-21(2)9-12-28-22(3)16-27(24(5)41-28)35-30(37)13-10-23(4)39-6/h8-11,13,22-28H,7,12,14-20H2,1-6H3,(H,33,36)(H,34,38)(H,35,37)/b11-8+,13-10-,21-9+/t22?,23?,24?,25?,26-,27?,28?,32?/m1/s1. The second-order valence-electron chi connectivity index (χ2n) is 12.0. The van der Waals surface area contributed by atoms with Crippen LogP contribution in [0.25, 0.3) is 0 Å². The largest absolute Gasteiger partial charge is 0.378 e. The predicted molar refractivity (Wildman–Crippen MR) is 161 cm³/mol. The third-order valence-electron chi connectivity index (χ3n) is 8.28. The van der Waals surface area contributed by atoms with Gasteiger partial charge in [0.25, 0.3) is 0 Å². The summed E-state index contributed by atoms with van der Waals surface area (Å²) in [5, 5.41) is 8.68. The van der Waals surface area contributed by atoms with Crippen LogP contribution in [0.5, 0.6) is 0 Å². The Hall–Kier alpha value is -2.53. The van der Waals surface area contributed by atoms with Gasteiger partial charge >= 0.3 is 0 Å². The molecular weight excluding hydrogens is 538 g/mol. The summed E-state index contributed by atoms with van der Waals surface area (Å²) in [6.45, 7) is 11.4. The summed E-state index contributed by atoms with van der Waals surface area (Å²) in [5.41, 5.74) is 0.936. The van der Waals surface area contributed by atoms with E-state index in [1.54, 1.807) is 20.1 Å². The molecule has 3 amide bonds. The maximum Gasteiger partial charge on any atom is 0.244 e. The molecule has 0 aromatic rings. The monoisotopic (exact) mass is 589 g/mol. The lowest BCUT2D eigenvalue weighted by atomic mass is 9.88. The van der Waals surface area contributed by atoms with Gasteiger partial charge in [0.2, 0.25) is 17.7 Å². The molecule has 10 nitrogen and oxygen atoms in total. The van der Waals surface area contributed by atoms with E-state index in [2.05, 4.69) is 48.0 Å². The average molecular weight is 590 g/mol. The minimum absolute atomic E-state index is 0.0294. The molecule has 42 heavy (non-hydrogen) atoms. The molecule has 3 aliphatic heterocycles. The van der Waals surface area contributed by atoms with Crippen LogP contribution in [-0.2, 0) is 33.3 Å². The van der Waals surface area contributed by atoms with E-state index in [4.69, 9.17) is 18.9 Å². The van der Waals surface area contributed by atoms with Gasteiger partial charge < -0.3 is 34.9 Å². The third-order valence-corrected chi connectivity index (χ3v) is 8.28. The second-order valence-corrected chi connectivity index (χ2v) is 12.0. The zero-order valence-electron chi connectivity index (χ0n) is 26.1. The molecule has 7 unspecified atom stereocenters. The van der Waals surface area contributed by atoms with Crippen LogP contribution in [0.15, 0.2) is 36.0 Å². The summed E-state index contributed by atoms with van der Waals surface area (Å²) in [6, 6.07) is -0.0337. The van der Waals surface area contributed by atoms with Crippen molar-refractivity contribution in [1.29, 1.82) is 0 Å². The van der Waals surface area contributed by atoms with E-state index in [0.717, 1.165) is 24.8 Å². The molecule has 0 bridgehead atoms. The van der Waals surface area contributed by atoms with Gasteiger partial charge in [-0.15, -0.1) is 0 Å². The molecule has 0 aliphatic carbocycles. The first-order valence-electron chi connectivity index (χ1n) is 15.4. The Labute approximate surface area is 251 Å². The first-order chi connectivity index (χ1) is 20.0. The zero-order valence-corrected chi connectivity index (χ0v) is 26.1. The maximum atomic E-state index is 12.4. The minimum atomic E-state index is -0.212. The molecule has 0 aromatic carbocycles. The Morgan fingerprint density at radius 3 is 2.45 bits per heavy atom. The predicted octanol–water partition coefficient (Wildman–Crippen LogP) is 3.12. The lowest BCUT2D eigenvalue weighted by Crippen LogP contribution is -2.50. The Morgan fingerprint density at radius 2 is 1.79 bits per heavy atom. The Morgan fingerprint density at radius 1 is 1.07 bits per heavy atom. The van der Waals surface area contributed by atoms with Crippen molar-refractivity contribution in [2.24, 2.45) is 5.92 Å². The summed E-state index contributed by atoms with van der Waals surface area (Å²) in [7, 11) is 1.61. The van der Waals surface area contributed by atoms with Gasteiger partial charge in [0.15, 0.2) is 0 Å². The Kier molecular flexibility index (Phi) is 13.2. The topological polar surface area (TPSA) is 128 Å². The van der Waals surface area contributed by atoms with Crippen LogP contribution in [0.4, 0.5) is 0 Å². The molecule has 10 heteroatoms. The number of hydrogen-bond donors (Lipinski definition) is 3. The average Bonchev–Trinajstić information content (AvgIpc) is 3.70. The molecule has 0 aromatic heterocycles. The fourth-order valence-corrected chi connectivity index (χ4v) is 5.46. The Bertz CT molecular complexity index is 1010. The van der Waals surface area contributed by atoms with E-state index in [9.17, 15) is 14.4 Å². The number of allylic oxidation sites excluding steroid dienone is 2. The summed E-state index contributed by atoms with van der Waals surface area (Å²) in [6.07, 6.45) is 13.0. The van der Waals surface area contributed by atoms with Crippen molar-refractivity contribution in [2.45, 2.75) is 115 Å². The molecule has 3 fully saturated rings. The molecule has 3 rings (SSSR count). The highest BCUT2D eigenvalue weighted by Crippen LogP contribution is 2.43. The number of carbonyl (C=O) groups is 3. The fraction of sp³-hybridized carbons (Fsp3) is 0.719. The van der Waals surface area contributed by atoms with Crippen LogP contribution < -0.4 is 16.0 Å². The van der Waals surface area contributed by atoms with E-state index in [-0.39, 0.29) is 66.3 Å². The Balaban J connectivity index is 1.44. The van der Waals surface area contributed by atoms with Crippen molar-refractivity contribution in [3.05, 3.63) is 36.0 Å². The van der Waals surface area contributed by atoms with Gasteiger partial charge in [0.1, 0.15) is 0 Å². The highest BCUT2D eigenvalue weighted by Gasteiger charge is 2.51. The van der Waals surface area contributed by atoms with Crippen molar-refractivity contribution < 1.29 is 33.3 Å². The molecule has 0 saturated carbocycles. The van der Waals surface area contributed by atoms with E-state index in [0.29, 0.717) is 38.5 Å². The van der Waals surface area contributed by atoms with Crippen LogP contribution in [0, 0.1) is 5.92 Å². The van der Waals surface area contributed by atoms with Gasteiger partial charge in [0.05, 0.1) is 55.2 Å². The van der Waals surface area contributed by atoms with E-state index < -0.39 is 0 Å². The van der Waals surface area contributed by atoms with Crippen molar-refractivity contribution in [1.82, 2.24) is 16.0 Å². The molecule has 3 saturated heterocycles. The second kappa shape index (κ2) is 16.4. The van der Waals surface area contributed by atoms with Crippen molar-refractivity contribution in [3.63, 3.8) is 0 Å². The van der Waals surface area contributed by atoms with E-state index in [1.165, 1.54) is 6.08 Å². The smallest absolute Gasteiger partial charge is 0.244 e. The minimum Gasteiger partial charge on any atom is -0.378 e. The molecule has 3 heterocycles. The van der Waals surface area contributed by atoms with Gasteiger partial charge in [0, 0.05) is 45.5 Å². The normalized spacial score (nSPS) is 32.2. The summed E-state index contributed by atoms with van der Waals surface area (Å²) in [4.78, 5) is 36.1. The van der Waals surface area contributed by atoms with Gasteiger partial charge in [-0.1, -0.05) is 43.7 Å². The molecule has 0 radical (unpaired) electrons.